The van der Waals surface area contributed by atoms with E-state index in [9.17, 15) is 0 Å². The van der Waals surface area contributed by atoms with Crippen molar-refractivity contribution in [2.45, 2.75) is 32.6 Å². The lowest BCUT2D eigenvalue weighted by atomic mass is 9.97. The smallest absolute Gasteiger partial charge is 0.0296 e. The molecule has 0 amide bonds. The van der Waals surface area contributed by atoms with Gasteiger partial charge in [0.1, 0.15) is 0 Å². The molecule has 0 aromatic carbocycles. The highest BCUT2D eigenvalue weighted by Crippen LogP contribution is 2.31. The second-order valence-corrected chi connectivity index (χ2v) is 3.68. The van der Waals surface area contributed by atoms with Gasteiger partial charge >= 0.3 is 0 Å². The summed E-state index contributed by atoms with van der Waals surface area (Å²) in [6.45, 7) is 5.39. The molecule has 1 saturated carbocycles. The van der Waals surface area contributed by atoms with Crippen LogP contribution in [-0.2, 0) is 0 Å². The van der Waals surface area contributed by atoms with Crippen molar-refractivity contribution in [3.8, 4) is 0 Å². The Hall–Kier alpha value is -1.05. The van der Waals surface area contributed by atoms with Crippen LogP contribution in [0.3, 0.4) is 0 Å². The highest BCUT2D eigenvalue weighted by atomic mass is 14.6. The van der Waals surface area contributed by atoms with Crippen molar-refractivity contribution in [1.29, 1.82) is 0 Å². The summed E-state index contributed by atoms with van der Waals surface area (Å²) in [5.74, 6) is 0.656. The molecule has 0 aliphatic heterocycles. The van der Waals surface area contributed by atoms with Crippen molar-refractivity contribution in [2.24, 2.45) is 16.6 Å². The van der Waals surface area contributed by atoms with Crippen molar-refractivity contribution in [1.82, 2.24) is 0 Å². The van der Waals surface area contributed by atoms with Gasteiger partial charge in [0, 0.05) is 11.9 Å². The summed E-state index contributed by atoms with van der Waals surface area (Å²) >= 11 is 0. The van der Waals surface area contributed by atoms with Gasteiger partial charge in [0.05, 0.1) is 0 Å². The van der Waals surface area contributed by atoms with Crippen LogP contribution in [0.4, 0.5) is 0 Å². The van der Waals surface area contributed by atoms with Crippen molar-refractivity contribution in [3.05, 3.63) is 23.5 Å². The highest BCUT2D eigenvalue weighted by molar-refractivity contribution is 5.31. The van der Waals surface area contributed by atoms with Gasteiger partial charge in [0.2, 0.25) is 0 Å². The standard InChI is InChI=1S/C11H18N2/c1-9(12)7-11(8-13-2)10-5-3-4-6-10/h7-8,10H,2-6,12H2,1H3/b9-7+,11-8-. The van der Waals surface area contributed by atoms with Gasteiger partial charge < -0.3 is 5.73 Å². The first-order chi connectivity index (χ1) is 6.24. The monoisotopic (exact) mass is 178 g/mol. The SMILES string of the molecule is C=N/C=C(/C=C(\C)N)C1CCCC1. The Morgan fingerprint density at radius 2 is 2.08 bits per heavy atom. The van der Waals surface area contributed by atoms with E-state index < -0.39 is 0 Å². The largest absolute Gasteiger partial charge is 0.402 e. The Kier molecular flexibility index (Phi) is 3.74. The molecule has 0 spiro atoms. The van der Waals surface area contributed by atoms with E-state index in [4.69, 9.17) is 5.73 Å². The molecule has 1 rings (SSSR count). The Labute approximate surface area is 80.2 Å². The maximum Gasteiger partial charge on any atom is 0.0296 e. The predicted octanol–water partition coefficient (Wildman–Crippen LogP) is 2.62. The topological polar surface area (TPSA) is 38.4 Å². The van der Waals surface area contributed by atoms with Gasteiger partial charge in [0.25, 0.3) is 0 Å². The molecule has 0 aromatic heterocycles. The lowest BCUT2D eigenvalue weighted by molar-refractivity contribution is 0.654. The zero-order valence-electron chi connectivity index (χ0n) is 8.29. The van der Waals surface area contributed by atoms with Crippen LogP contribution in [0.2, 0.25) is 0 Å². The number of hydrogen-bond acceptors (Lipinski definition) is 2. The molecule has 1 aliphatic rings. The van der Waals surface area contributed by atoms with Gasteiger partial charge in [-0.15, -0.1) is 0 Å². The first-order valence-electron chi connectivity index (χ1n) is 4.83. The number of nitrogens with two attached hydrogens (primary N) is 1. The molecule has 0 aromatic rings. The molecule has 1 aliphatic carbocycles. The van der Waals surface area contributed by atoms with Crippen LogP contribution in [0.15, 0.2) is 28.5 Å². The van der Waals surface area contributed by atoms with Crippen molar-refractivity contribution >= 4 is 6.72 Å². The maximum absolute atomic E-state index is 5.65. The minimum atomic E-state index is 0.656. The molecule has 0 heterocycles. The average Bonchev–Trinajstić information content (AvgIpc) is 2.54. The molecular weight excluding hydrogens is 160 g/mol. The zero-order chi connectivity index (χ0) is 9.68. The second kappa shape index (κ2) is 4.85. The van der Waals surface area contributed by atoms with Gasteiger partial charge in [-0.05, 0) is 44.0 Å². The summed E-state index contributed by atoms with van der Waals surface area (Å²) in [6.07, 6.45) is 9.06. The van der Waals surface area contributed by atoms with Gasteiger partial charge in [-0.2, -0.15) is 0 Å². The normalized spacial score (nSPS) is 20.7. The van der Waals surface area contributed by atoms with E-state index in [2.05, 4.69) is 11.7 Å². The maximum atomic E-state index is 5.65. The van der Waals surface area contributed by atoms with Crippen LogP contribution in [0, 0.1) is 5.92 Å². The molecule has 72 valence electrons. The van der Waals surface area contributed by atoms with E-state index in [1.54, 1.807) is 0 Å². The van der Waals surface area contributed by atoms with Crippen LogP contribution in [-0.4, -0.2) is 6.72 Å². The average molecular weight is 178 g/mol. The van der Waals surface area contributed by atoms with E-state index in [1.165, 1.54) is 31.3 Å². The van der Waals surface area contributed by atoms with Crippen LogP contribution in [0.1, 0.15) is 32.6 Å². The van der Waals surface area contributed by atoms with Crippen LogP contribution < -0.4 is 5.73 Å². The molecule has 13 heavy (non-hydrogen) atoms. The van der Waals surface area contributed by atoms with Crippen LogP contribution in [0.25, 0.3) is 0 Å². The summed E-state index contributed by atoms with van der Waals surface area (Å²) in [4.78, 5) is 3.82. The van der Waals surface area contributed by atoms with E-state index in [0.717, 1.165) is 5.70 Å². The molecule has 0 radical (unpaired) electrons. The Morgan fingerprint density at radius 1 is 1.46 bits per heavy atom. The lowest BCUT2D eigenvalue weighted by Crippen LogP contribution is -1.99. The number of allylic oxidation sites excluding steroid dienone is 3. The third kappa shape index (κ3) is 3.05. The Morgan fingerprint density at radius 3 is 2.54 bits per heavy atom. The van der Waals surface area contributed by atoms with Gasteiger partial charge in [-0.3, -0.25) is 4.99 Å². The summed E-state index contributed by atoms with van der Waals surface area (Å²) in [5.41, 5.74) is 7.74. The number of rotatable bonds is 3. The summed E-state index contributed by atoms with van der Waals surface area (Å²) in [7, 11) is 0. The van der Waals surface area contributed by atoms with E-state index in [1.807, 2.05) is 19.2 Å². The second-order valence-electron chi connectivity index (χ2n) is 3.68. The predicted molar refractivity (Wildman–Crippen MR) is 57.5 cm³/mol. The van der Waals surface area contributed by atoms with Crippen molar-refractivity contribution in [2.75, 3.05) is 0 Å². The first kappa shape index (κ1) is 10.0. The van der Waals surface area contributed by atoms with E-state index >= 15 is 0 Å². The molecule has 2 nitrogen and oxygen atoms in total. The summed E-state index contributed by atoms with van der Waals surface area (Å²) in [5, 5.41) is 0. The third-order valence-corrected chi connectivity index (χ3v) is 2.46. The molecule has 0 saturated heterocycles. The lowest BCUT2D eigenvalue weighted by Gasteiger charge is -2.09. The highest BCUT2D eigenvalue weighted by Gasteiger charge is 2.17. The van der Waals surface area contributed by atoms with Crippen molar-refractivity contribution < 1.29 is 0 Å². The van der Waals surface area contributed by atoms with Gasteiger partial charge in [-0.25, -0.2) is 0 Å². The minimum absolute atomic E-state index is 0.656. The molecule has 2 heteroatoms. The molecule has 0 unspecified atom stereocenters. The molecule has 1 fully saturated rings. The van der Waals surface area contributed by atoms with Crippen LogP contribution in [0.5, 0.6) is 0 Å². The Balaban J connectivity index is 2.72. The molecule has 2 N–H and O–H groups in total. The minimum Gasteiger partial charge on any atom is -0.402 e. The van der Waals surface area contributed by atoms with Crippen LogP contribution >= 0.6 is 0 Å². The fourth-order valence-corrected chi connectivity index (χ4v) is 1.89. The summed E-state index contributed by atoms with van der Waals surface area (Å²) in [6, 6.07) is 0. The quantitative estimate of drug-likeness (QED) is 0.523. The van der Waals surface area contributed by atoms with Gasteiger partial charge in [-0.1, -0.05) is 12.8 Å². The fraction of sp³-hybridized carbons (Fsp3) is 0.545. The van der Waals surface area contributed by atoms with E-state index in [-0.39, 0.29) is 0 Å². The third-order valence-electron chi connectivity index (χ3n) is 2.46. The molecule has 0 atom stereocenters. The number of nitrogens with zero attached hydrogens (tertiary/aromatic N) is 1. The van der Waals surface area contributed by atoms with Crippen molar-refractivity contribution in [3.63, 3.8) is 0 Å². The number of hydrogen-bond donors (Lipinski definition) is 1. The molecular formula is C11H18N2. The molecule has 0 bridgehead atoms. The number of aliphatic imine (C=N–C) groups is 1. The van der Waals surface area contributed by atoms with E-state index in [0.29, 0.717) is 5.92 Å². The summed E-state index contributed by atoms with van der Waals surface area (Å²) < 4.78 is 0. The first-order valence-corrected chi connectivity index (χ1v) is 4.83. The fourth-order valence-electron chi connectivity index (χ4n) is 1.89. The Bertz CT molecular complexity index is 228. The van der Waals surface area contributed by atoms with Gasteiger partial charge in [0.15, 0.2) is 0 Å². The zero-order valence-corrected chi connectivity index (χ0v) is 8.29.